The summed E-state index contributed by atoms with van der Waals surface area (Å²) in [6.07, 6.45) is 0. The Balaban J connectivity index is 1.12. The normalized spacial score (nSPS) is 14.0. The van der Waals surface area contributed by atoms with Gasteiger partial charge >= 0.3 is 0 Å². The Labute approximate surface area is 374 Å². The van der Waals surface area contributed by atoms with Crippen LogP contribution in [0, 0.1) is 0 Å². The highest BCUT2D eigenvalue weighted by molar-refractivity contribution is 6.04. The number of hydrogen-bond donors (Lipinski definition) is 0. The number of furan rings is 1. The Morgan fingerprint density at radius 3 is 1.50 bits per heavy atom. The average molecular weight is 818 g/mol. The van der Waals surface area contributed by atoms with E-state index in [0.29, 0.717) is 0 Å². The SMILES string of the molecule is CC1(C)c2ccccc2-c2ccc(N(c3cccc(-c4ccccc4)c3)c3ccccc3-c3oc(-c4ccccc4)c4c3C3(c5ccccc5-c5ccccc53)c3ccccc3-4)cc21. The molecule has 1 aromatic heterocycles. The molecule has 3 aliphatic rings. The third-order valence-corrected chi connectivity index (χ3v) is 14.3. The second kappa shape index (κ2) is 13.8. The minimum atomic E-state index is -0.612. The van der Waals surface area contributed by atoms with Crippen molar-refractivity contribution in [2.75, 3.05) is 4.90 Å². The summed E-state index contributed by atoms with van der Waals surface area (Å²) in [6, 6.07) is 82.3. The molecule has 1 spiro atoms. The van der Waals surface area contributed by atoms with Gasteiger partial charge in [0.1, 0.15) is 11.5 Å². The van der Waals surface area contributed by atoms with Crippen LogP contribution in [0.15, 0.2) is 229 Å². The monoisotopic (exact) mass is 817 g/mol. The third kappa shape index (κ3) is 5.02. The van der Waals surface area contributed by atoms with Crippen molar-refractivity contribution in [1.82, 2.24) is 0 Å². The van der Waals surface area contributed by atoms with Crippen molar-refractivity contribution in [3.8, 4) is 67.2 Å². The van der Waals surface area contributed by atoms with Gasteiger partial charge in [0.15, 0.2) is 0 Å². The number of fused-ring (bicyclic) bond motifs is 13. The molecule has 0 atom stereocenters. The van der Waals surface area contributed by atoms with Crippen LogP contribution in [0.3, 0.4) is 0 Å². The van der Waals surface area contributed by atoms with Crippen molar-refractivity contribution in [2.45, 2.75) is 24.7 Å². The van der Waals surface area contributed by atoms with Gasteiger partial charge in [0.05, 0.1) is 11.1 Å². The molecule has 10 aromatic rings. The number of nitrogens with zero attached hydrogens (tertiary/aromatic N) is 1. The summed E-state index contributed by atoms with van der Waals surface area (Å²) in [5, 5.41) is 0. The number of hydrogen-bond acceptors (Lipinski definition) is 2. The summed E-state index contributed by atoms with van der Waals surface area (Å²) in [7, 11) is 0. The van der Waals surface area contributed by atoms with Crippen LogP contribution in [0.4, 0.5) is 17.1 Å². The van der Waals surface area contributed by atoms with E-state index in [9.17, 15) is 0 Å². The number of benzene rings is 9. The van der Waals surface area contributed by atoms with Crippen LogP contribution in [-0.2, 0) is 10.8 Å². The molecule has 0 radical (unpaired) electrons. The van der Waals surface area contributed by atoms with Crippen LogP contribution in [0.25, 0.3) is 67.2 Å². The summed E-state index contributed by atoms with van der Waals surface area (Å²) in [6.45, 7) is 4.73. The zero-order chi connectivity index (χ0) is 42.6. The number of rotatable bonds is 6. The van der Waals surface area contributed by atoms with Gasteiger partial charge in [-0.3, -0.25) is 0 Å². The Kier molecular flexibility index (Phi) is 7.90. The molecule has 302 valence electrons. The van der Waals surface area contributed by atoms with E-state index in [1.807, 2.05) is 0 Å². The maximum Gasteiger partial charge on any atom is 0.142 e. The van der Waals surface area contributed by atoms with Crippen molar-refractivity contribution < 1.29 is 4.42 Å². The lowest BCUT2D eigenvalue weighted by molar-refractivity contribution is 0.588. The van der Waals surface area contributed by atoms with Gasteiger partial charge in [0, 0.05) is 39.0 Å². The quantitative estimate of drug-likeness (QED) is 0.166. The molecule has 0 aliphatic heterocycles. The van der Waals surface area contributed by atoms with Gasteiger partial charge in [0.25, 0.3) is 0 Å². The molecule has 2 heteroatoms. The Bertz CT molecular complexity index is 3440. The maximum atomic E-state index is 7.61. The highest BCUT2D eigenvalue weighted by atomic mass is 16.3. The Hall–Kier alpha value is -7.94. The molecule has 0 amide bonds. The van der Waals surface area contributed by atoms with Crippen LogP contribution < -0.4 is 4.90 Å². The molecule has 0 fully saturated rings. The van der Waals surface area contributed by atoms with E-state index >= 15 is 0 Å². The molecule has 2 nitrogen and oxygen atoms in total. The van der Waals surface area contributed by atoms with Gasteiger partial charge in [0.2, 0.25) is 0 Å². The largest absolute Gasteiger partial charge is 0.455 e. The van der Waals surface area contributed by atoms with E-state index in [1.54, 1.807) is 0 Å². The second-order valence-corrected chi connectivity index (χ2v) is 17.9. The van der Waals surface area contributed by atoms with Crippen LogP contribution in [-0.4, -0.2) is 0 Å². The second-order valence-electron chi connectivity index (χ2n) is 17.9. The standard InChI is InChI=1S/C62H43NO/c1-61(2)51-31-14-9-26-45(51)48-37-36-44(39-55(48)61)63(43-25-19-24-42(38-43)40-20-5-3-6-21-40)56-35-18-13-30-50(56)60-58-57(59(64-60)41-22-7-4-8-23-41)49-29-12-17-34-54(49)62(58)52-32-15-10-27-46(52)47-28-11-16-33-53(47)62/h3-39H,1-2H3. The smallest absolute Gasteiger partial charge is 0.142 e. The fourth-order valence-corrected chi connectivity index (χ4v) is 11.6. The van der Waals surface area contributed by atoms with Crippen molar-refractivity contribution in [2.24, 2.45) is 0 Å². The van der Waals surface area contributed by atoms with E-state index < -0.39 is 5.41 Å². The lowest BCUT2D eigenvalue weighted by atomic mass is 9.70. The minimum Gasteiger partial charge on any atom is -0.455 e. The lowest BCUT2D eigenvalue weighted by Crippen LogP contribution is -2.26. The maximum absolute atomic E-state index is 7.61. The van der Waals surface area contributed by atoms with Crippen LogP contribution in [0.2, 0.25) is 0 Å². The van der Waals surface area contributed by atoms with Crippen molar-refractivity contribution in [3.05, 3.63) is 258 Å². The molecule has 0 unspecified atom stereocenters. The van der Waals surface area contributed by atoms with E-state index in [2.05, 4.69) is 243 Å². The van der Waals surface area contributed by atoms with E-state index in [4.69, 9.17) is 4.42 Å². The highest BCUT2D eigenvalue weighted by Gasteiger charge is 2.55. The van der Waals surface area contributed by atoms with Gasteiger partial charge in [-0.05, 0) is 103 Å². The van der Waals surface area contributed by atoms with Crippen molar-refractivity contribution >= 4 is 17.1 Å². The fourth-order valence-electron chi connectivity index (χ4n) is 11.6. The molecule has 13 rings (SSSR count). The summed E-state index contributed by atoms with van der Waals surface area (Å²) < 4.78 is 7.61. The lowest BCUT2D eigenvalue weighted by Gasteiger charge is -2.32. The summed E-state index contributed by atoms with van der Waals surface area (Å²) in [5.74, 6) is 1.77. The van der Waals surface area contributed by atoms with Gasteiger partial charge in [-0.15, -0.1) is 0 Å². The summed E-state index contributed by atoms with van der Waals surface area (Å²) >= 11 is 0. The fraction of sp³-hybridized carbons (Fsp3) is 0.0645. The molecule has 0 N–H and O–H groups in total. The molecular formula is C62H43NO. The molecule has 0 bridgehead atoms. The van der Waals surface area contributed by atoms with Crippen molar-refractivity contribution in [1.29, 1.82) is 0 Å². The Morgan fingerprint density at radius 2 is 0.828 bits per heavy atom. The van der Waals surface area contributed by atoms with Crippen LogP contribution >= 0.6 is 0 Å². The molecule has 64 heavy (non-hydrogen) atoms. The van der Waals surface area contributed by atoms with Crippen molar-refractivity contribution in [3.63, 3.8) is 0 Å². The zero-order valence-electron chi connectivity index (χ0n) is 35.7. The first kappa shape index (κ1) is 36.7. The molecule has 0 saturated heterocycles. The topological polar surface area (TPSA) is 16.4 Å². The summed E-state index contributed by atoms with van der Waals surface area (Å²) in [5.41, 5.74) is 22.1. The first-order valence-electron chi connectivity index (χ1n) is 22.3. The van der Waals surface area contributed by atoms with E-state index in [-0.39, 0.29) is 5.41 Å². The molecule has 3 aliphatic carbocycles. The molecule has 1 heterocycles. The zero-order valence-corrected chi connectivity index (χ0v) is 35.7. The summed E-state index contributed by atoms with van der Waals surface area (Å²) in [4.78, 5) is 2.46. The molecular weight excluding hydrogens is 775 g/mol. The van der Waals surface area contributed by atoms with Gasteiger partial charge in [-0.25, -0.2) is 0 Å². The predicted molar refractivity (Wildman–Crippen MR) is 264 cm³/mol. The first-order chi connectivity index (χ1) is 31.5. The van der Waals surface area contributed by atoms with Gasteiger partial charge < -0.3 is 9.32 Å². The average Bonchev–Trinajstić information content (AvgIpc) is 4.05. The minimum absolute atomic E-state index is 0.174. The first-order valence-corrected chi connectivity index (χ1v) is 22.3. The molecule has 0 saturated carbocycles. The van der Waals surface area contributed by atoms with Gasteiger partial charge in [-0.2, -0.15) is 0 Å². The van der Waals surface area contributed by atoms with Crippen LogP contribution in [0.1, 0.15) is 47.2 Å². The highest BCUT2D eigenvalue weighted by Crippen LogP contribution is 2.67. The third-order valence-electron chi connectivity index (χ3n) is 14.3. The van der Waals surface area contributed by atoms with Gasteiger partial charge in [-0.1, -0.05) is 202 Å². The number of anilines is 3. The van der Waals surface area contributed by atoms with Crippen LogP contribution in [0.5, 0.6) is 0 Å². The van der Waals surface area contributed by atoms with E-state index in [1.165, 1.54) is 66.8 Å². The predicted octanol–water partition coefficient (Wildman–Crippen LogP) is 16.4. The van der Waals surface area contributed by atoms with E-state index in [0.717, 1.165) is 50.8 Å². The molecule has 9 aromatic carbocycles. The Morgan fingerprint density at radius 1 is 0.344 bits per heavy atom. The number of para-hydroxylation sites is 1.